The molecule has 1 unspecified atom stereocenters. The molecule has 0 saturated carbocycles. The second-order valence-electron chi connectivity index (χ2n) is 17.7. The van der Waals surface area contributed by atoms with Crippen molar-refractivity contribution in [2.45, 2.75) is 130 Å². The number of hydrogen-bond donors (Lipinski definition) is 0. The van der Waals surface area contributed by atoms with Crippen molar-refractivity contribution in [1.29, 1.82) is 0 Å². The van der Waals surface area contributed by atoms with E-state index in [1.807, 2.05) is 0 Å². The zero-order valence-corrected chi connectivity index (χ0v) is 31.7. The van der Waals surface area contributed by atoms with E-state index in [9.17, 15) is 0 Å². The van der Waals surface area contributed by atoms with Crippen molar-refractivity contribution < 1.29 is 0 Å². The highest BCUT2D eigenvalue weighted by Crippen LogP contribution is 2.55. The van der Waals surface area contributed by atoms with Gasteiger partial charge in [0, 0.05) is 5.92 Å². The Morgan fingerprint density at radius 2 is 1.35 bits per heavy atom. The number of benzene rings is 4. The van der Waals surface area contributed by atoms with Crippen molar-refractivity contribution in [3.63, 3.8) is 0 Å². The van der Waals surface area contributed by atoms with Crippen LogP contribution in [0.3, 0.4) is 0 Å². The van der Waals surface area contributed by atoms with Gasteiger partial charge in [0.05, 0.1) is 0 Å². The lowest BCUT2D eigenvalue weighted by atomic mass is 9.69. The van der Waals surface area contributed by atoms with E-state index in [1.165, 1.54) is 74.1 Å². The van der Waals surface area contributed by atoms with Crippen LogP contribution in [0.25, 0.3) is 22.3 Å². The highest BCUT2D eigenvalue weighted by Gasteiger charge is 2.37. The number of unbranched alkanes of at least 4 members (excludes halogenated alkanes) is 1. The molecule has 2 aliphatic carbocycles. The summed E-state index contributed by atoms with van der Waals surface area (Å²) in [6, 6.07) is 28.2. The van der Waals surface area contributed by atoms with E-state index in [0.717, 1.165) is 19.3 Å². The molecule has 0 N–H and O–H groups in total. The van der Waals surface area contributed by atoms with E-state index < -0.39 is 0 Å². The molecule has 0 spiro atoms. The minimum absolute atomic E-state index is 0.0415. The molecular weight excluding hydrogens is 577 g/mol. The topological polar surface area (TPSA) is 0 Å². The smallest absolute Gasteiger partial charge is 0.0243 e. The Morgan fingerprint density at radius 1 is 0.708 bits per heavy atom. The second kappa shape index (κ2) is 12.7. The number of allylic oxidation sites excluding steroid dienone is 4. The average molecular weight is 635 g/mol. The third kappa shape index (κ3) is 6.53. The zero-order valence-electron chi connectivity index (χ0n) is 31.7. The van der Waals surface area contributed by atoms with Gasteiger partial charge in [-0.25, -0.2) is 0 Å². The summed E-state index contributed by atoms with van der Waals surface area (Å²) in [5.41, 5.74) is 20.8. The number of hydrogen-bond acceptors (Lipinski definition) is 0. The van der Waals surface area contributed by atoms with Crippen molar-refractivity contribution in [3.05, 3.63) is 141 Å². The van der Waals surface area contributed by atoms with Crippen molar-refractivity contribution in [3.8, 4) is 22.3 Å². The Bertz CT molecular complexity index is 1870. The van der Waals surface area contributed by atoms with E-state index >= 15 is 0 Å². The fraction of sp³-hybridized carbons (Fsp3) is 0.417. The van der Waals surface area contributed by atoms with Crippen molar-refractivity contribution >= 4 is 0 Å². The highest BCUT2D eigenvalue weighted by atomic mass is 14.4. The average Bonchev–Trinajstić information content (AvgIpc) is 3.58. The Hall–Kier alpha value is -3.64. The predicted octanol–water partition coefficient (Wildman–Crippen LogP) is 13.6. The molecule has 6 rings (SSSR count). The SMILES string of the molecule is CCCCC1=CC(c2c(-c3ccccc3)c3c(c(Cc4ccc(C(C)(C)C)cc4)c2C(C)(C)C)Cc2cc(C(C)(C)C)ccc2-3)C(C)=C1. The first-order valence-corrected chi connectivity index (χ1v) is 18.5. The molecule has 250 valence electrons. The summed E-state index contributed by atoms with van der Waals surface area (Å²) in [7, 11) is 0. The van der Waals surface area contributed by atoms with Crippen LogP contribution in [0, 0.1) is 0 Å². The first kappa shape index (κ1) is 34.2. The van der Waals surface area contributed by atoms with Crippen LogP contribution in [0.5, 0.6) is 0 Å². The van der Waals surface area contributed by atoms with Crippen LogP contribution in [0.2, 0.25) is 0 Å². The molecule has 48 heavy (non-hydrogen) atoms. The van der Waals surface area contributed by atoms with Gasteiger partial charge in [0.15, 0.2) is 0 Å². The van der Waals surface area contributed by atoms with Crippen LogP contribution in [-0.4, -0.2) is 0 Å². The summed E-state index contributed by atoms with van der Waals surface area (Å²) in [5.74, 6) is 0.270. The quantitative estimate of drug-likeness (QED) is 0.167. The van der Waals surface area contributed by atoms with Gasteiger partial charge in [0.2, 0.25) is 0 Å². The molecule has 4 aromatic carbocycles. The summed E-state index contributed by atoms with van der Waals surface area (Å²) >= 11 is 0. The Morgan fingerprint density at radius 3 is 1.96 bits per heavy atom. The Labute approximate surface area is 292 Å². The monoisotopic (exact) mass is 634 g/mol. The molecule has 0 nitrogen and oxygen atoms in total. The van der Waals surface area contributed by atoms with Crippen LogP contribution in [-0.2, 0) is 29.1 Å². The number of rotatable bonds is 7. The van der Waals surface area contributed by atoms with E-state index in [1.54, 1.807) is 16.7 Å². The maximum atomic E-state index is 2.62. The molecule has 0 amide bonds. The zero-order chi connectivity index (χ0) is 34.6. The molecule has 1 atom stereocenters. The largest absolute Gasteiger partial charge is 0.0697 e. The van der Waals surface area contributed by atoms with Gasteiger partial charge >= 0.3 is 0 Å². The second-order valence-corrected chi connectivity index (χ2v) is 17.7. The molecular formula is C48H58. The van der Waals surface area contributed by atoms with Crippen molar-refractivity contribution in [2.75, 3.05) is 0 Å². The maximum absolute atomic E-state index is 2.62. The molecule has 4 aromatic rings. The molecule has 0 radical (unpaired) electrons. The molecule has 0 aromatic heterocycles. The van der Waals surface area contributed by atoms with Gasteiger partial charge in [-0.05, 0) is 116 Å². The van der Waals surface area contributed by atoms with Crippen LogP contribution in [0.15, 0.2) is 96.1 Å². The van der Waals surface area contributed by atoms with Crippen LogP contribution >= 0.6 is 0 Å². The van der Waals surface area contributed by atoms with Gasteiger partial charge in [-0.3, -0.25) is 0 Å². The summed E-state index contributed by atoms with van der Waals surface area (Å²) in [5, 5.41) is 0. The molecule has 2 aliphatic rings. The van der Waals surface area contributed by atoms with Gasteiger partial charge in [-0.15, -0.1) is 0 Å². The standard InChI is InChI=1S/C48H58/c1-12-13-17-33-26-31(2)39(28-33)44-42(34-18-15-14-16-19-34)43-38-25-24-37(47(6,7)8)29-35(38)30-40(43)41(45(44)48(9,10)11)27-32-20-22-36(23-21-32)46(3,4)5/h14-16,18-26,28-29,39H,12-13,17,27,30H2,1-11H3. The third-order valence-corrected chi connectivity index (χ3v) is 10.8. The summed E-state index contributed by atoms with van der Waals surface area (Å²) in [6.07, 6.45) is 10.7. The van der Waals surface area contributed by atoms with Gasteiger partial charge in [-0.2, -0.15) is 0 Å². The van der Waals surface area contributed by atoms with Crippen molar-refractivity contribution in [1.82, 2.24) is 0 Å². The molecule has 0 heterocycles. The highest BCUT2D eigenvalue weighted by molar-refractivity contribution is 5.95. The normalized spacial score (nSPS) is 16.1. The molecule has 0 heteroatoms. The minimum Gasteiger partial charge on any atom is -0.0697 e. The summed E-state index contributed by atoms with van der Waals surface area (Å²) < 4.78 is 0. The Balaban J connectivity index is 1.70. The molecule has 0 bridgehead atoms. The fourth-order valence-electron chi connectivity index (χ4n) is 8.23. The lowest BCUT2D eigenvalue weighted by Gasteiger charge is -2.34. The van der Waals surface area contributed by atoms with E-state index in [0.29, 0.717) is 0 Å². The van der Waals surface area contributed by atoms with Crippen LogP contribution < -0.4 is 0 Å². The van der Waals surface area contributed by atoms with Crippen molar-refractivity contribution in [2.24, 2.45) is 0 Å². The van der Waals surface area contributed by atoms with Gasteiger partial charge in [-0.1, -0.05) is 172 Å². The predicted molar refractivity (Wildman–Crippen MR) is 210 cm³/mol. The maximum Gasteiger partial charge on any atom is 0.0243 e. The van der Waals surface area contributed by atoms with E-state index in [-0.39, 0.29) is 22.2 Å². The molecule has 0 fully saturated rings. The summed E-state index contributed by atoms with van der Waals surface area (Å²) in [6.45, 7) is 26.0. The lowest BCUT2D eigenvalue weighted by Crippen LogP contribution is -2.22. The van der Waals surface area contributed by atoms with Crippen LogP contribution in [0.1, 0.15) is 146 Å². The lowest BCUT2D eigenvalue weighted by molar-refractivity contribution is 0.574. The summed E-state index contributed by atoms with van der Waals surface area (Å²) in [4.78, 5) is 0. The third-order valence-electron chi connectivity index (χ3n) is 10.8. The first-order chi connectivity index (χ1) is 22.6. The molecule has 0 aliphatic heterocycles. The molecule has 0 saturated heterocycles. The fourth-order valence-corrected chi connectivity index (χ4v) is 8.23. The van der Waals surface area contributed by atoms with E-state index in [2.05, 4.69) is 161 Å². The Kier molecular flexibility index (Phi) is 9.04. The van der Waals surface area contributed by atoms with Gasteiger partial charge in [0.1, 0.15) is 0 Å². The van der Waals surface area contributed by atoms with Crippen LogP contribution in [0.4, 0.5) is 0 Å². The van der Waals surface area contributed by atoms with Gasteiger partial charge in [0.25, 0.3) is 0 Å². The first-order valence-electron chi connectivity index (χ1n) is 18.5. The van der Waals surface area contributed by atoms with E-state index in [4.69, 9.17) is 0 Å². The van der Waals surface area contributed by atoms with Gasteiger partial charge < -0.3 is 0 Å². The minimum atomic E-state index is -0.0415. The number of fused-ring (bicyclic) bond motifs is 3.